The van der Waals surface area contributed by atoms with Crippen LogP contribution < -0.4 is 5.32 Å². The second-order valence-corrected chi connectivity index (χ2v) is 3.90. The molecule has 0 radical (unpaired) electrons. The molecule has 2 N–H and O–H groups in total. The van der Waals surface area contributed by atoms with E-state index in [0.29, 0.717) is 0 Å². The van der Waals surface area contributed by atoms with Crippen LogP contribution in [0, 0.1) is 0 Å². The van der Waals surface area contributed by atoms with Gasteiger partial charge in [-0.05, 0) is 12.1 Å². The van der Waals surface area contributed by atoms with Gasteiger partial charge in [0, 0.05) is 0 Å². The molecule has 1 aromatic rings. The van der Waals surface area contributed by atoms with Gasteiger partial charge in [0.05, 0.1) is 10.7 Å². The molecule has 0 aliphatic carbocycles. The first-order valence-corrected chi connectivity index (χ1v) is 5.14. The van der Waals surface area contributed by atoms with Crippen LogP contribution in [0.1, 0.15) is 10.4 Å². The Morgan fingerprint density at radius 1 is 1.15 bits per heavy atom. The van der Waals surface area contributed by atoms with E-state index in [1.165, 1.54) is 5.32 Å². The number of benzene rings is 1. The zero-order valence-corrected chi connectivity index (χ0v) is 10.0. The van der Waals surface area contributed by atoms with Crippen LogP contribution in [0.4, 0.5) is 27.6 Å². The molecule has 0 fully saturated rings. The number of alkyl halides is 5. The fraction of sp³-hybridized carbons (Fsp3) is 0.200. The zero-order valence-electron chi connectivity index (χ0n) is 9.26. The van der Waals surface area contributed by atoms with Crippen LogP contribution in [-0.4, -0.2) is 29.1 Å². The third-order valence-electron chi connectivity index (χ3n) is 2.12. The second kappa shape index (κ2) is 5.23. The normalized spacial score (nSPS) is 12.1. The largest absolute Gasteiger partial charge is 0.478 e. The summed E-state index contributed by atoms with van der Waals surface area (Å²) >= 11 is 5.47. The summed E-state index contributed by atoms with van der Waals surface area (Å²) in [6, 6.07) is 2.98. The molecule has 0 aliphatic rings. The quantitative estimate of drug-likeness (QED) is 0.841. The monoisotopic (exact) mass is 317 g/mol. The molecule has 10 heteroatoms. The highest BCUT2D eigenvalue weighted by Crippen LogP contribution is 2.36. The number of aromatic carboxylic acids is 1. The molecule has 0 bridgehead atoms. The molecule has 0 unspecified atom stereocenters. The number of halogens is 6. The highest BCUT2D eigenvalue weighted by molar-refractivity contribution is 6.34. The van der Waals surface area contributed by atoms with Crippen molar-refractivity contribution in [1.82, 2.24) is 0 Å². The highest BCUT2D eigenvalue weighted by atomic mass is 35.5. The van der Waals surface area contributed by atoms with Crippen LogP contribution in [0.25, 0.3) is 0 Å². The lowest BCUT2D eigenvalue weighted by Gasteiger charge is -2.19. The van der Waals surface area contributed by atoms with Crippen LogP contribution in [0.3, 0.4) is 0 Å². The van der Waals surface area contributed by atoms with Crippen molar-refractivity contribution in [2.45, 2.75) is 12.1 Å². The van der Waals surface area contributed by atoms with Crippen LogP contribution in [0.5, 0.6) is 0 Å². The summed E-state index contributed by atoms with van der Waals surface area (Å²) in [5.41, 5.74) is -1.56. The molecule has 0 atom stereocenters. The standard InChI is InChI=1S/C10H5ClF5NO3/c11-4-2-1-3-5(6(4)7(18)19)17-8(20)9(12,13)10(14,15)16/h1-3H,(H,17,20)(H,18,19). The topological polar surface area (TPSA) is 66.4 Å². The summed E-state index contributed by atoms with van der Waals surface area (Å²) in [7, 11) is 0. The van der Waals surface area contributed by atoms with Crippen molar-refractivity contribution in [3.8, 4) is 0 Å². The molecule has 4 nitrogen and oxygen atoms in total. The minimum Gasteiger partial charge on any atom is -0.478 e. The number of carboxylic acids is 1. The summed E-state index contributed by atoms with van der Waals surface area (Å²) in [4.78, 5) is 21.8. The molecule has 0 saturated heterocycles. The maximum Gasteiger partial charge on any atom is 0.463 e. The predicted octanol–water partition coefficient (Wildman–Crippen LogP) is 3.17. The van der Waals surface area contributed by atoms with E-state index in [9.17, 15) is 31.5 Å². The Hall–Kier alpha value is -1.90. The van der Waals surface area contributed by atoms with Crippen molar-refractivity contribution in [3.05, 3.63) is 28.8 Å². The molecular weight excluding hydrogens is 313 g/mol. The first kappa shape index (κ1) is 16.2. The van der Waals surface area contributed by atoms with Gasteiger partial charge in [0.2, 0.25) is 0 Å². The molecule has 110 valence electrons. The zero-order chi connectivity index (χ0) is 15.7. The SMILES string of the molecule is O=C(O)c1c(Cl)cccc1NC(=O)C(F)(F)C(F)(F)F. The van der Waals surface area contributed by atoms with Gasteiger partial charge in [0.25, 0.3) is 0 Å². The third kappa shape index (κ3) is 2.98. The number of rotatable bonds is 3. The Morgan fingerprint density at radius 2 is 1.70 bits per heavy atom. The Bertz CT molecular complexity index is 558. The van der Waals surface area contributed by atoms with Crippen molar-refractivity contribution in [3.63, 3.8) is 0 Å². The first-order valence-electron chi connectivity index (χ1n) is 4.76. The molecule has 0 aliphatic heterocycles. The molecule has 1 rings (SSSR count). The Balaban J connectivity index is 3.16. The number of hydrogen-bond acceptors (Lipinski definition) is 2. The fourth-order valence-electron chi connectivity index (χ4n) is 1.18. The molecule has 1 aromatic carbocycles. The van der Waals surface area contributed by atoms with Gasteiger partial charge in [0.1, 0.15) is 5.56 Å². The van der Waals surface area contributed by atoms with Crippen LogP contribution in [0.15, 0.2) is 18.2 Å². The summed E-state index contributed by atoms with van der Waals surface area (Å²) in [5.74, 6) is -10.1. The first-order chi connectivity index (χ1) is 8.98. The summed E-state index contributed by atoms with van der Waals surface area (Å²) < 4.78 is 61.4. The number of hydrogen-bond donors (Lipinski definition) is 2. The van der Waals surface area contributed by atoms with Gasteiger partial charge in [0.15, 0.2) is 0 Å². The Morgan fingerprint density at radius 3 is 2.15 bits per heavy atom. The van der Waals surface area contributed by atoms with Gasteiger partial charge in [-0.3, -0.25) is 4.79 Å². The van der Waals surface area contributed by atoms with E-state index in [1.54, 1.807) is 0 Å². The Kier molecular flexibility index (Phi) is 4.23. The smallest absolute Gasteiger partial charge is 0.463 e. The van der Waals surface area contributed by atoms with E-state index in [4.69, 9.17) is 16.7 Å². The van der Waals surface area contributed by atoms with Crippen LogP contribution >= 0.6 is 11.6 Å². The van der Waals surface area contributed by atoms with Crippen molar-refractivity contribution in [1.29, 1.82) is 0 Å². The number of amides is 1. The molecule has 0 spiro atoms. The van der Waals surface area contributed by atoms with Gasteiger partial charge >= 0.3 is 24.0 Å². The van der Waals surface area contributed by atoms with Crippen molar-refractivity contribution < 1.29 is 36.6 Å². The molecule has 0 heterocycles. The van der Waals surface area contributed by atoms with E-state index in [-0.39, 0.29) is 0 Å². The number of carbonyl (C=O) groups excluding carboxylic acids is 1. The maximum absolute atomic E-state index is 12.7. The van der Waals surface area contributed by atoms with Crippen molar-refractivity contribution in [2.75, 3.05) is 5.32 Å². The average molecular weight is 318 g/mol. The van der Waals surface area contributed by atoms with Gasteiger partial charge in [-0.25, -0.2) is 4.79 Å². The van der Waals surface area contributed by atoms with E-state index < -0.39 is 40.2 Å². The van der Waals surface area contributed by atoms with Crippen molar-refractivity contribution in [2.24, 2.45) is 0 Å². The summed E-state index contributed by atoms with van der Waals surface area (Å²) in [6.07, 6.45) is -6.10. The molecule has 0 saturated carbocycles. The second-order valence-electron chi connectivity index (χ2n) is 3.49. The molecule has 0 aromatic heterocycles. The predicted molar refractivity (Wildman–Crippen MR) is 58.0 cm³/mol. The Labute approximate surface area is 113 Å². The molecular formula is C10H5ClF5NO3. The van der Waals surface area contributed by atoms with E-state index >= 15 is 0 Å². The van der Waals surface area contributed by atoms with Gasteiger partial charge < -0.3 is 10.4 Å². The summed E-state index contributed by atoms with van der Waals surface area (Å²) in [5, 5.41) is 9.56. The number of carbonyl (C=O) groups is 2. The van der Waals surface area contributed by atoms with Crippen molar-refractivity contribution >= 4 is 29.2 Å². The minimum atomic E-state index is -6.10. The van der Waals surface area contributed by atoms with Gasteiger partial charge in [-0.15, -0.1) is 0 Å². The lowest BCUT2D eigenvalue weighted by Crippen LogP contribution is -2.47. The molecule has 1 amide bonds. The number of anilines is 1. The van der Waals surface area contributed by atoms with Gasteiger partial charge in [-0.2, -0.15) is 22.0 Å². The third-order valence-corrected chi connectivity index (χ3v) is 2.43. The minimum absolute atomic E-state index is 0.425. The number of nitrogens with one attached hydrogen (secondary N) is 1. The van der Waals surface area contributed by atoms with E-state index in [2.05, 4.69) is 0 Å². The van der Waals surface area contributed by atoms with Crippen LogP contribution in [0.2, 0.25) is 5.02 Å². The fourth-order valence-corrected chi connectivity index (χ4v) is 1.43. The number of carboxylic acid groups (broad SMARTS) is 1. The average Bonchev–Trinajstić information content (AvgIpc) is 2.26. The summed E-state index contributed by atoms with van der Waals surface area (Å²) in [6.45, 7) is 0. The van der Waals surface area contributed by atoms with Gasteiger partial charge in [-0.1, -0.05) is 17.7 Å². The van der Waals surface area contributed by atoms with Crippen LogP contribution in [-0.2, 0) is 4.79 Å². The molecule has 20 heavy (non-hydrogen) atoms. The van der Waals surface area contributed by atoms with E-state index in [1.807, 2.05) is 0 Å². The highest BCUT2D eigenvalue weighted by Gasteiger charge is 2.63. The lowest BCUT2D eigenvalue weighted by molar-refractivity contribution is -0.267. The maximum atomic E-state index is 12.7. The van der Waals surface area contributed by atoms with E-state index in [0.717, 1.165) is 18.2 Å². The lowest BCUT2D eigenvalue weighted by atomic mass is 10.1.